The summed E-state index contributed by atoms with van der Waals surface area (Å²) >= 11 is 1.87. The summed E-state index contributed by atoms with van der Waals surface area (Å²) in [5.74, 6) is 1.13. The van der Waals surface area contributed by atoms with E-state index in [1.165, 1.54) is 5.57 Å². The first-order chi connectivity index (χ1) is 4.62. The van der Waals surface area contributed by atoms with Crippen LogP contribution in [0.25, 0.3) is 0 Å². The molecule has 2 heteroatoms. The van der Waals surface area contributed by atoms with Gasteiger partial charge in [0.05, 0.1) is 6.61 Å². The van der Waals surface area contributed by atoms with Crippen LogP contribution in [0.1, 0.15) is 20.8 Å². The molecule has 1 saturated heterocycles. The Balaban J connectivity index is 2.59. The van der Waals surface area contributed by atoms with Gasteiger partial charge in [0.2, 0.25) is 0 Å². The van der Waals surface area contributed by atoms with Crippen molar-refractivity contribution in [1.82, 2.24) is 0 Å². The molecule has 0 aromatic carbocycles. The van der Waals surface area contributed by atoms with E-state index in [1.54, 1.807) is 0 Å². The van der Waals surface area contributed by atoms with Gasteiger partial charge in [-0.1, -0.05) is 5.57 Å². The average Bonchev–Trinajstić information content (AvgIpc) is 2.12. The van der Waals surface area contributed by atoms with E-state index in [9.17, 15) is 0 Å². The molecule has 1 aliphatic heterocycles. The molecule has 1 fully saturated rings. The van der Waals surface area contributed by atoms with Crippen LogP contribution >= 0.6 is 11.8 Å². The molecule has 0 aliphatic carbocycles. The van der Waals surface area contributed by atoms with E-state index >= 15 is 0 Å². The van der Waals surface area contributed by atoms with Gasteiger partial charge in [0.1, 0.15) is 4.93 Å². The van der Waals surface area contributed by atoms with Gasteiger partial charge in [0.25, 0.3) is 0 Å². The minimum atomic E-state index is -0.0289. The van der Waals surface area contributed by atoms with Gasteiger partial charge in [-0.2, -0.15) is 0 Å². The standard InChI is InChI=1S/C8H14OS/c1-7(2)6-8(3)9-4-5-10-8/h6H,4-5H2,1-3H3. The van der Waals surface area contributed by atoms with Crippen molar-refractivity contribution in [2.24, 2.45) is 0 Å². The maximum absolute atomic E-state index is 5.54. The van der Waals surface area contributed by atoms with Crippen LogP contribution < -0.4 is 0 Å². The quantitative estimate of drug-likeness (QED) is 0.542. The van der Waals surface area contributed by atoms with E-state index in [-0.39, 0.29) is 4.93 Å². The SMILES string of the molecule is CC(C)=CC1(C)OCCS1. The topological polar surface area (TPSA) is 9.23 Å². The van der Waals surface area contributed by atoms with Gasteiger partial charge in [0, 0.05) is 5.75 Å². The van der Waals surface area contributed by atoms with Crippen LogP contribution in [0.2, 0.25) is 0 Å². The van der Waals surface area contributed by atoms with Crippen molar-refractivity contribution >= 4 is 11.8 Å². The summed E-state index contributed by atoms with van der Waals surface area (Å²) in [5.41, 5.74) is 1.33. The predicted molar refractivity (Wildman–Crippen MR) is 46.2 cm³/mol. The van der Waals surface area contributed by atoms with Crippen molar-refractivity contribution in [2.75, 3.05) is 12.4 Å². The van der Waals surface area contributed by atoms with Crippen LogP contribution in [-0.2, 0) is 4.74 Å². The number of thioether (sulfide) groups is 1. The molecule has 1 atom stereocenters. The molecule has 0 N–H and O–H groups in total. The molecule has 0 bridgehead atoms. The highest BCUT2D eigenvalue weighted by Gasteiger charge is 2.27. The minimum Gasteiger partial charge on any atom is -0.360 e. The Morgan fingerprint density at radius 1 is 1.60 bits per heavy atom. The Labute approximate surface area is 66.8 Å². The summed E-state index contributed by atoms with van der Waals surface area (Å²) < 4.78 is 5.54. The lowest BCUT2D eigenvalue weighted by atomic mass is 10.2. The third-order valence-electron chi connectivity index (χ3n) is 1.41. The average molecular weight is 158 g/mol. The zero-order valence-corrected chi connectivity index (χ0v) is 7.62. The van der Waals surface area contributed by atoms with Crippen LogP contribution in [0.15, 0.2) is 11.6 Å². The number of hydrogen-bond acceptors (Lipinski definition) is 2. The maximum Gasteiger partial charge on any atom is 0.129 e. The lowest BCUT2D eigenvalue weighted by Crippen LogP contribution is -2.15. The molecule has 1 unspecified atom stereocenters. The lowest BCUT2D eigenvalue weighted by Gasteiger charge is -2.17. The van der Waals surface area contributed by atoms with Gasteiger partial charge < -0.3 is 4.74 Å². The fraction of sp³-hybridized carbons (Fsp3) is 0.750. The summed E-state index contributed by atoms with van der Waals surface area (Å²) in [5, 5.41) is 0. The number of hydrogen-bond donors (Lipinski definition) is 0. The molecule has 0 saturated carbocycles. The second-order valence-electron chi connectivity index (χ2n) is 2.93. The Kier molecular flexibility index (Phi) is 2.42. The van der Waals surface area contributed by atoms with Gasteiger partial charge in [-0.3, -0.25) is 0 Å². The third kappa shape index (κ3) is 2.03. The number of allylic oxidation sites excluding steroid dienone is 1. The maximum atomic E-state index is 5.54. The van der Waals surface area contributed by atoms with Crippen molar-refractivity contribution < 1.29 is 4.74 Å². The van der Waals surface area contributed by atoms with Gasteiger partial charge in [-0.15, -0.1) is 11.8 Å². The number of rotatable bonds is 1. The summed E-state index contributed by atoms with van der Waals surface area (Å²) in [4.78, 5) is -0.0289. The van der Waals surface area contributed by atoms with E-state index in [1.807, 2.05) is 11.8 Å². The van der Waals surface area contributed by atoms with E-state index in [0.717, 1.165) is 12.4 Å². The molecule has 1 nitrogen and oxygen atoms in total. The fourth-order valence-electron chi connectivity index (χ4n) is 1.14. The first-order valence-corrected chi connectivity index (χ1v) is 4.55. The Morgan fingerprint density at radius 3 is 2.70 bits per heavy atom. The first kappa shape index (κ1) is 8.15. The van der Waals surface area contributed by atoms with Gasteiger partial charge >= 0.3 is 0 Å². The highest BCUT2D eigenvalue weighted by Crippen LogP contribution is 2.34. The molecule has 58 valence electrons. The highest BCUT2D eigenvalue weighted by atomic mass is 32.2. The van der Waals surface area contributed by atoms with Gasteiger partial charge in [0.15, 0.2) is 0 Å². The van der Waals surface area contributed by atoms with Gasteiger partial charge in [-0.25, -0.2) is 0 Å². The minimum absolute atomic E-state index is 0.0289. The zero-order valence-electron chi connectivity index (χ0n) is 6.81. The summed E-state index contributed by atoms with van der Waals surface area (Å²) in [6, 6.07) is 0. The largest absolute Gasteiger partial charge is 0.360 e. The normalized spacial score (nSPS) is 32.3. The molecule has 0 spiro atoms. The number of ether oxygens (including phenoxy) is 1. The van der Waals surface area contributed by atoms with Crippen molar-refractivity contribution in [2.45, 2.75) is 25.7 Å². The molecule has 0 aromatic rings. The van der Waals surface area contributed by atoms with Crippen LogP contribution in [0, 0.1) is 0 Å². The van der Waals surface area contributed by atoms with Gasteiger partial charge in [-0.05, 0) is 26.8 Å². The highest BCUT2D eigenvalue weighted by molar-refractivity contribution is 8.00. The van der Waals surface area contributed by atoms with E-state index in [0.29, 0.717) is 0 Å². The Morgan fingerprint density at radius 2 is 2.30 bits per heavy atom. The van der Waals surface area contributed by atoms with Crippen molar-refractivity contribution in [3.8, 4) is 0 Å². The van der Waals surface area contributed by atoms with E-state index in [4.69, 9.17) is 4.74 Å². The molecule has 1 heterocycles. The van der Waals surface area contributed by atoms with Crippen LogP contribution in [0.4, 0.5) is 0 Å². The molecule has 0 amide bonds. The fourth-order valence-corrected chi connectivity index (χ4v) is 2.20. The molecular formula is C8H14OS. The molecule has 0 radical (unpaired) electrons. The molecule has 1 rings (SSSR count). The monoisotopic (exact) mass is 158 g/mol. The summed E-state index contributed by atoms with van der Waals surface area (Å²) in [6.45, 7) is 7.23. The smallest absolute Gasteiger partial charge is 0.129 e. The Bertz CT molecular complexity index is 141. The van der Waals surface area contributed by atoms with Crippen molar-refractivity contribution in [3.63, 3.8) is 0 Å². The van der Waals surface area contributed by atoms with Crippen molar-refractivity contribution in [1.29, 1.82) is 0 Å². The molecule has 10 heavy (non-hydrogen) atoms. The molecule has 1 aliphatic rings. The molecular weight excluding hydrogens is 144 g/mol. The predicted octanol–water partition coefficient (Wildman–Crippen LogP) is 2.43. The second kappa shape index (κ2) is 2.97. The lowest BCUT2D eigenvalue weighted by molar-refractivity contribution is 0.101. The van der Waals surface area contributed by atoms with E-state index in [2.05, 4.69) is 26.8 Å². The van der Waals surface area contributed by atoms with Crippen molar-refractivity contribution in [3.05, 3.63) is 11.6 Å². The zero-order chi connectivity index (χ0) is 7.61. The summed E-state index contributed by atoms with van der Waals surface area (Å²) in [7, 11) is 0. The molecule has 0 aromatic heterocycles. The third-order valence-corrected chi connectivity index (χ3v) is 2.59. The van der Waals surface area contributed by atoms with E-state index < -0.39 is 0 Å². The van der Waals surface area contributed by atoms with Crippen LogP contribution in [0.5, 0.6) is 0 Å². The first-order valence-electron chi connectivity index (χ1n) is 3.56. The Hall–Kier alpha value is 0.0500. The second-order valence-corrected chi connectivity index (χ2v) is 4.44. The summed E-state index contributed by atoms with van der Waals surface area (Å²) in [6.07, 6.45) is 2.19. The van der Waals surface area contributed by atoms with Crippen LogP contribution in [0.3, 0.4) is 0 Å². The van der Waals surface area contributed by atoms with Crippen LogP contribution in [-0.4, -0.2) is 17.3 Å².